The summed E-state index contributed by atoms with van der Waals surface area (Å²) >= 11 is 1.51. The third-order valence-corrected chi connectivity index (χ3v) is 5.83. The number of nitrogens with zero attached hydrogens (tertiary/aromatic N) is 4. The second kappa shape index (κ2) is 11.3. The summed E-state index contributed by atoms with van der Waals surface area (Å²) in [6.07, 6.45) is -1.41. The number of thioether (sulfide) groups is 1. The van der Waals surface area contributed by atoms with E-state index in [0.29, 0.717) is 11.5 Å². The average molecular weight is 509 g/mol. The Morgan fingerprint density at radius 2 is 1.86 bits per heavy atom. The van der Waals surface area contributed by atoms with Crippen molar-refractivity contribution in [3.8, 4) is 0 Å². The first-order valence-electron chi connectivity index (χ1n) is 10.6. The van der Waals surface area contributed by atoms with Gasteiger partial charge in [0, 0.05) is 24.1 Å². The number of rotatable bonds is 5. The molecule has 0 bridgehead atoms. The summed E-state index contributed by atoms with van der Waals surface area (Å²) in [7, 11) is 0. The number of carboxylic acid groups (broad SMARTS) is 1. The van der Waals surface area contributed by atoms with E-state index in [9.17, 15) is 18.0 Å². The molecule has 1 N–H and O–H groups in total. The molecule has 0 aromatic carbocycles. The van der Waals surface area contributed by atoms with E-state index in [4.69, 9.17) is 14.3 Å². The van der Waals surface area contributed by atoms with Crippen LogP contribution in [-0.2, 0) is 10.5 Å². The highest BCUT2D eigenvalue weighted by Crippen LogP contribution is 2.32. The molecule has 1 atom stereocenters. The maximum absolute atomic E-state index is 13.0. The number of likely N-dealkylation sites (tertiary alicyclic amines) is 1. The van der Waals surface area contributed by atoms with Gasteiger partial charge >= 0.3 is 12.1 Å². The minimum absolute atomic E-state index is 0.0142. The number of carboxylic acids is 1. The number of aryl methyl sites for hydroxylation is 2. The van der Waals surface area contributed by atoms with Crippen molar-refractivity contribution in [2.24, 2.45) is 0 Å². The van der Waals surface area contributed by atoms with E-state index < -0.39 is 12.1 Å². The molecule has 0 spiro atoms. The Morgan fingerprint density at radius 3 is 2.46 bits per heavy atom. The molecule has 1 unspecified atom stereocenters. The summed E-state index contributed by atoms with van der Waals surface area (Å²) in [5.74, 6) is -1.14. The molecular formula is C23H23F3N4O4S. The van der Waals surface area contributed by atoms with Gasteiger partial charge in [-0.15, -0.1) is 0 Å². The van der Waals surface area contributed by atoms with Crippen molar-refractivity contribution in [1.82, 2.24) is 19.9 Å². The van der Waals surface area contributed by atoms with Crippen molar-refractivity contribution in [3.05, 3.63) is 71.2 Å². The van der Waals surface area contributed by atoms with Crippen LogP contribution in [0.2, 0.25) is 0 Å². The molecule has 1 aliphatic rings. The van der Waals surface area contributed by atoms with Gasteiger partial charge in [0.25, 0.3) is 5.91 Å². The van der Waals surface area contributed by atoms with Gasteiger partial charge in [0.2, 0.25) is 0 Å². The normalized spacial score (nSPS) is 15.5. The number of aliphatic carboxylic acids is 1. The highest BCUT2D eigenvalue weighted by molar-refractivity contribution is 7.98. The highest BCUT2D eigenvalue weighted by atomic mass is 32.2. The third-order valence-electron chi connectivity index (χ3n) is 4.96. The number of hydrogen-bond donors (Lipinski definition) is 1. The van der Waals surface area contributed by atoms with Crippen LogP contribution in [0.4, 0.5) is 13.2 Å². The molecule has 0 aliphatic carbocycles. The molecule has 0 radical (unpaired) electrons. The smallest absolute Gasteiger partial charge is 0.475 e. The van der Waals surface area contributed by atoms with Gasteiger partial charge in [-0.05, 0) is 57.0 Å². The van der Waals surface area contributed by atoms with Crippen LogP contribution in [0.3, 0.4) is 0 Å². The van der Waals surface area contributed by atoms with Crippen LogP contribution >= 0.6 is 11.8 Å². The van der Waals surface area contributed by atoms with Crippen molar-refractivity contribution in [2.45, 2.75) is 49.8 Å². The van der Waals surface area contributed by atoms with Crippen molar-refractivity contribution in [2.75, 3.05) is 6.54 Å². The molecule has 12 heteroatoms. The van der Waals surface area contributed by atoms with Crippen molar-refractivity contribution < 1.29 is 32.3 Å². The minimum atomic E-state index is -5.08. The van der Waals surface area contributed by atoms with Gasteiger partial charge < -0.3 is 14.4 Å². The lowest BCUT2D eigenvalue weighted by atomic mass is 10.1. The molecule has 4 heterocycles. The zero-order valence-corrected chi connectivity index (χ0v) is 19.8. The third kappa shape index (κ3) is 7.28. The molecule has 3 aromatic rings. The zero-order chi connectivity index (χ0) is 25.6. The van der Waals surface area contributed by atoms with Crippen molar-refractivity contribution >= 4 is 23.6 Å². The molecule has 1 saturated heterocycles. The van der Waals surface area contributed by atoms with Gasteiger partial charge in [-0.1, -0.05) is 17.8 Å². The van der Waals surface area contributed by atoms with Crippen molar-refractivity contribution in [1.29, 1.82) is 0 Å². The number of amides is 1. The second-order valence-corrected chi connectivity index (χ2v) is 8.64. The summed E-state index contributed by atoms with van der Waals surface area (Å²) in [4.78, 5) is 37.0. The molecule has 186 valence electrons. The Bertz CT molecular complexity index is 1150. The van der Waals surface area contributed by atoms with E-state index in [0.717, 1.165) is 47.4 Å². The number of carbonyl (C=O) groups is 2. The Hall–Kier alpha value is -3.41. The first-order valence-corrected chi connectivity index (χ1v) is 11.6. The number of furan rings is 1. The van der Waals surface area contributed by atoms with Crippen LogP contribution in [0.15, 0.2) is 52.2 Å². The largest absolute Gasteiger partial charge is 0.490 e. The van der Waals surface area contributed by atoms with Gasteiger partial charge in [-0.25, -0.2) is 14.8 Å². The number of hydrogen-bond acceptors (Lipinski definition) is 7. The van der Waals surface area contributed by atoms with Gasteiger partial charge in [0.1, 0.15) is 5.76 Å². The Kier molecular flexibility index (Phi) is 8.49. The van der Waals surface area contributed by atoms with Crippen LogP contribution < -0.4 is 0 Å². The summed E-state index contributed by atoms with van der Waals surface area (Å²) in [6.45, 7) is 4.63. The Balaban J connectivity index is 0.000000429. The van der Waals surface area contributed by atoms with Crippen LogP contribution in [0, 0.1) is 13.8 Å². The molecule has 1 fully saturated rings. The predicted molar refractivity (Wildman–Crippen MR) is 121 cm³/mol. The van der Waals surface area contributed by atoms with Crippen LogP contribution in [0.5, 0.6) is 0 Å². The van der Waals surface area contributed by atoms with E-state index in [1.54, 1.807) is 12.3 Å². The van der Waals surface area contributed by atoms with Gasteiger partial charge in [-0.2, -0.15) is 13.2 Å². The molecule has 0 saturated carbocycles. The average Bonchev–Trinajstić information content (AvgIpc) is 3.47. The molecule has 4 rings (SSSR count). The van der Waals surface area contributed by atoms with E-state index in [1.165, 1.54) is 11.8 Å². The van der Waals surface area contributed by atoms with Gasteiger partial charge in [-0.3, -0.25) is 9.78 Å². The fourth-order valence-corrected chi connectivity index (χ4v) is 4.34. The number of alkyl halides is 3. The number of aromatic nitrogens is 3. The quantitative estimate of drug-likeness (QED) is 0.380. The minimum Gasteiger partial charge on any atom is -0.475 e. The fraction of sp³-hybridized carbons (Fsp3) is 0.348. The van der Waals surface area contributed by atoms with Crippen LogP contribution in [0.1, 0.15) is 52.3 Å². The molecule has 8 nitrogen and oxygen atoms in total. The Morgan fingerprint density at radius 1 is 1.17 bits per heavy atom. The van der Waals surface area contributed by atoms with Crippen LogP contribution in [-0.4, -0.2) is 49.6 Å². The lowest BCUT2D eigenvalue weighted by molar-refractivity contribution is -0.192. The van der Waals surface area contributed by atoms with Crippen molar-refractivity contribution in [3.63, 3.8) is 0 Å². The Labute approximate surface area is 203 Å². The molecule has 1 amide bonds. The molecule has 3 aromatic heterocycles. The highest BCUT2D eigenvalue weighted by Gasteiger charge is 2.38. The predicted octanol–water partition coefficient (Wildman–Crippen LogP) is 4.98. The lowest BCUT2D eigenvalue weighted by Gasteiger charge is -2.23. The number of pyridine rings is 1. The van der Waals surface area contributed by atoms with E-state index in [1.807, 2.05) is 49.1 Å². The molecule has 35 heavy (non-hydrogen) atoms. The molecule has 1 aliphatic heterocycles. The zero-order valence-electron chi connectivity index (χ0n) is 19.0. The summed E-state index contributed by atoms with van der Waals surface area (Å²) < 4.78 is 37.6. The topological polar surface area (TPSA) is 109 Å². The first kappa shape index (κ1) is 26.2. The monoisotopic (exact) mass is 508 g/mol. The maximum atomic E-state index is 13.0. The molecular weight excluding hydrogens is 485 g/mol. The van der Waals surface area contributed by atoms with E-state index in [2.05, 4.69) is 15.0 Å². The van der Waals surface area contributed by atoms with Gasteiger partial charge in [0.05, 0.1) is 17.5 Å². The van der Waals surface area contributed by atoms with Crippen LogP contribution in [0.25, 0.3) is 0 Å². The fourth-order valence-electron chi connectivity index (χ4n) is 3.50. The maximum Gasteiger partial charge on any atom is 0.490 e. The standard InChI is InChI=1S/C21H22N4O2S.C2HF3O2/c1-14-12-15(2)24-21(23-14)28-13-16-8-9-19(27-16)20(26)25-11-5-7-18(25)17-6-3-4-10-22-17;3-2(4,5)1(6)7/h3-4,6,8-10,12,18H,5,7,11,13H2,1-2H3;(H,6,7). The summed E-state index contributed by atoms with van der Waals surface area (Å²) in [6, 6.07) is 11.4. The van der Waals surface area contributed by atoms with E-state index >= 15 is 0 Å². The first-order chi connectivity index (χ1) is 16.5. The number of carbonyl (C=O) groups excluding carboxylic acids is 1. The second-order valence-electron chi connectivity index (χ2n) is 7.70. The SMILES string of the molecule is Cc1cc(C)nc(SCc2ccc(C(=O)N3CCCC3c3ccccn3)o2)n1.O=C(O)C(F)(F)F. The van der Waals surface area contributed by atoms with E-state index in [-0.39, 0.29) is 11.9 Å². The summed E-state index contributed by atoms with van der Waals surface area (Å²) in [5, 5.41) is 7.84. The summed E-state index contributed by atoms with van der Waals surface area (Å²) in [5.41, 5.74) is 2.82. The lowest BCUT2D eigenvalue weighted by Crippen LogP contribution is -2.30. The number of halogens is 3. The van der Waals surface area contributed by atoms with Gasteiger partial charge in [0.15, 0.2) is 10.9 Å².